The van der Waals surface area contributed by atoms with Crippen LogP contribution in [0.2, 0.25) is 0 Å². The summed E-state index contributed by atoms with van der Waals surface area (Å²) in [5, 5.41) is 4.39. The van der Waals surface area contributed by atoms with Gasteiger partial charge >= 0.3 is 0 Å². The molecule has 0 bridgehead atoms. The van der Waals surface area contributed by atoms with E-state index in [1.54, 1.807) is 0 Å². The Balaban J connectivity index is 1.68. The standard InChI is InChI=1S/C16H15N5O2S/c17-15(18)21-16-20-14(23)12(24-16)8-13(22)19-11-7-3-5-9-4-1-2-6-10(9)11/h1-7,12H,8H2,(H,19,22)(H4,17,18,20,21,23)/t12-/m0/s1. The van der Waals surface area contributed by atoms with Gasteiger partial charge in [-0.1, -0.05) is 48.2 Å². The molecule has 1 aliphatic heterocycles. The Morgan fingerprint density at radius 1 is 1.21 bits per heavy atom. The van der Waals surface area contributed by atoms with Gasteiger partial charge in [0.15, 0.2) is 11.1 Å². The first-order valence-electron chi connectivity index (χ1n) is 7.19. The molecule has 7 nitrogen and oxygen atoms in total. The molecule has 0 radical (unpaired) electrons. The van der Waals surface area contributed by atoms with Crippen molar-refractivity contribution in [3.05, 3.63) is 42.5 Å². The number of amidine groups is 1. The third kappa shape index (κ3) is 3.54. The van der Waals surface area contributed by atoms with E-state index in [0.29, 0.717) is 5.69 Å². The summed E-state index contributed by atoms with van der Waals surface area (Å²) in [7, 11) is 0. The number of nitrogens with two attached hydrogens (primary N) is 2. The molecular weight excluding hydrogens is 326 g/mol. The van der Waals surface area contributed by atoms with Crippen LogP contribution in [-0.4, -0.2) is 28.2 Å². The maximum Gasteiger partial charge on any atom is 0.262 e. The van der Waals surface area contributed by atoms with E-state index in [1.165, 1.54) is 0 Å². The normalized spacial score (nSPS) is 16.8. The van der Waals surface area contributed by atoms with E-state index in [4.69, 9.17) is 11.5 Å². The van der Waals surface area contributed by atoms with E-state index >= 15 is 0 Å². The van der Waals surface area contributed by atoms with E-state index in [9.17, 15) is 9.59 Å². The van der Waals surface area contributed by atoms with E-state index in [2.05, 4.69) is 15.3 Å². The molecule has 3 rings (SSSR count). The molecule has 5 N–H and O–H groups in total. The van der Waals surface area contributed by atoms with Crippen molar-refractivity contribution in [2.75, 3.05) is 5.32 Å². The number of hydrogen-bond donors (Lipinski definition) is 3. The van der Waals surface area contributed by atoms with Gasteiger partial charge in [-0.15, -0.1) is 0 Å². The second-order valence-corrected chi connectivity index (χ2v) is 6.32. The highest BCUT2D eigenvalue weighted by atomic mass is 32.2. The number of anilines is 1. The Labute approximate surface area is 142 Å². The van der Waals surface area contributed by atoms with E-state index in [-0.39, 0.29) is 23.5 Å². The van der Waals surface area contributed by atoms with Gasteiger partial charge < -0.3 is 16.8 Å². The number of nitrogens with zero attached hydrogens (tertiary/aromatic N) is 2. The number of aliphatic imine (C=N–C) groups is 2. The molecule has 24 heavy (non-hydrogen) atoms. The topological polar surface area (TPSA) is 123 Å². The van der Waals surface area contributed by atoms with Crippen molar-refractivity contribution in [3.8, 4) is 0 Å². The molecule has 0 unspecified atom stereocenters. The molecule has 2 amide bonds. The van der Waals surface area contributed by atoms with Crippen LogP contribution in [0.1, 0.15) is 6.42 Å². The smallest absolute Gasteiger partial charge is 0.262 e. The summed E-state index contributed by atoms with van der Waals surface area (Å²) in [5.41, 5.74) is 11.2. The maximum absolute atomic E-state index is 12.3. The number of guanidine groups is 1. The van der Waals surface area contributed by atoms with Gasteiger partial charge in [-0.25, -0.2) is 0 Å². The lowest BCUT2D eigenvalue weighted by Gasteiger charge is -2.10. The number of fused-ring (bicyclic) bond motifs is 1. The van der Waals surface area contributed by atoms with Crippen molar-refractivity contribution in [3.63, 3.8) is 0 Å². The van der Waals surface area contributed by atoms with Crippen molar-refractivity contribution >= 4 is 51.2 Å². The van der Waals surface area contributed by atoms with E-state index in [1.807, 2.05) is 42.5 Å². The molecular formula is C16H15N5O2S. The molecule has 0 fully saturated rings. The molecule has 1 heterocycles. The van der Waals surface area contributed by atoms with Crippen molar-refractivity contribution in [1.82, 2.24) is 0 Å². The first-order valence-corrected chi connectivity index (χ1v) is 8.07. The molecule has 0 aromatic heterocycles. The van der Waals surface area contributed by atoms with Gasteiger partial charge in [0, 0.05) is 17.5 Å². The minimum absolute atomic E-state index is 0.000280. The van der Waals surface area contributed by atoms with Crippen LogP contribution in [0.15, 0.2) is 52.4 Å². The predicted molar refractivity (Wildman–Crippen MR) is 96.8 cm³/mol. The number of carbonyl (C=O) groups excluding carboxylic acids is 2. The molecule has 1 aliphatic rings. The van der Waals surface area contributed by atoms with Crippen LogP contribution in [-0.2, 0) is 9.59 Å². The Morgan fingerprint density at radius 3 is 2.75 bits per heavy atom. The molecule has 0 saturated heterocycles. The molecule has 0 saturated carbocycles. The third-order valence-corrected chi connectivity index (χ3v) is 4.43. The average molecular weight is 341 g/mol. The number of hydrogen-bond acceptors (Lipinski definition) is 4. The van der Waals surface area contributed by atoms with Gasteiger partial charge in [-0.3, -0.25) is 9.59 Å². The van der Waals surface area contributed by atoms with Gasteiger partial charge in [0.05, 0.1) is 0 Å². The molecule has 0 aliphatic carbocycles. The zero-order chi connectivity index (χ0) is 17.1. The highest BCUT2D eigenvalue weighted by molar-refractivity contribution is 8.15. The number of amides is 2. The lowest BCUT2D eigenvalue weighted by atomic mass is 10.1. The van der Waals surface area contributed by atoms with Crippen LogP contribution < -0.4 is 16.8 Å². The van der Waals surface area contributed by atoms with Crippen LogP contribution >= 0.6 is 11.8 Å². The molecule has 122 valence electrons. The number of thioether (sulfide) groups is 1. The van der Waals surface area contributed by atoms with Crippen LogP contribution in [0, 0.1) is 0 Å². The fourth-order valence-corrected chi connectivity index (χ4v) is 3.31. The third-order valence-electron chi connectivity index (χ3n) is 3.39. The summed E-state index contributed by atoms with van der Waals surface area (Å²) in [4.78, 5) is 31.6. The number of rotatable bonds is 3. The summed E-state index contributed by atoms with van der Waals surface area (Å²) in [5.74, 6) is -0.846. The van der Waals surface area contributed by atoms with E-state index in [0.717, 1.165) is 22.5 Å². The quantitative estimate of drug-likeness (QED) is 0.576. The molecule has 1 atom stereocenters. The minimum Gasteiger partial charge on any atom is -0.370 e. The van der Waals surface area contributed by atoms with Gasteiger partial charge in [-0.2, -0.15) is 9.98 Å². The van der Waals surface area contributed by atoms with Crippen LogP contribution in [0.3, 0.4) is 0 Å². The SMILES string of the molecule is NC(N)=NC1=NC(=O)[C@H](CC(=O)Nc2cccc3ccccc23)S1. The highest BCUT2D eigenvalue weighted by Gasteiger charge is 2.30. The van der Waals surface area contributed by atoms with Gasteiger partial charge in [0.25, 0.3) is 5.91 Å². The van der Waals surface area contributed by atoms with Gasteiger partial charge in [0.1, 0.15) is 5.25 Å². The zero-order valence-corrected chi connectivity index (χ0v) is 13.4. The van der Waals surface area contributed by atoms with Gasteiger partial charge in [-0.05, 0) is 11.5 Å². The van der Waals surface area contributed by atoms with Crippen molar-refractivity contribution in [1.29, 1.82) is 0 Å². The average Bonchev–Trinajstić information content (AvgIpc) is 2.86. The molecule has 2 aromatic rings. The Morgan fingerprint density at radius 2 is 1.96 bits per heavy atom. The number of nitrogens with one attached hydrogen (secondary N) is 1. The van der Waals surface area contributed by atoms with Gasteiger partial charge in [0.2, 0.25) is 5.91 Å². The first-order chi connectivity index (χ1) is 11.5. The van der Waals surface area contributed by atoms with Crippen LogP contribution in [0.5, 0.6) is 0 Å². The molecule has 0 spiro atoms. The second kappa shape index (κ2) is 6.71. The largest absolute Gasteiger partial charge is 0.370 e. The molecule has 8 heteroatoms. The summed E-state index contributed by atoms with van der Waals surface area (Å²) in [6, 6.07) is 13.4. The Bertz CT molecular complexity index is 868. The maximum atomic E-state index is 12.3. The second-order valence-electron chi connectivity index (χ2n) is 5.15. The Kier molecular flexibility index (Phi) is 4.48. The van der Waals surface area contributed by atoms with Crippen LogP contribution in [0.25, 0.3) is 10.8 Å². The lowest BCUT2D eigenvalue weighted by molar-refractivity contribution is -0.121. The first kappa shape index (κ1) is 16.0. The van der Waals surface area contributed by atoms with Crippen molar-refractivity contribution < 1.29 is 9.59 Å². The minimum atomic E-state index is -0.613. The summed E-state index contributed by atoms with van der Waals surface area (Å²) < 4.78 is 0. The van der Waals surface area contributed by atoms with Crippen molar-refractivity contribution in [2.24, 2.45) is 21.5 Å². The van der Waals surface area contributed by atoms with Crippen LogP contribution in [0.4, 0.5) is 5.69 Å². The number of benzene rings is 2. The lowest BCUT2D eigenvalue weighted by Crippen LogP contribution is -2.23. The fourth-order valence-electron chi connectivity index (χ4n) is 2.37. The summed E-state index contributed by atoms with van der Waals surface area (Å²) in [6.45, 7) is 0. The summed E-state index contributed by atoms with van der Waals surface area (Å²) in [6.07, 6.45) is -0.000280. The highest BCUT2D eigenvalue weighted by Crippen LogP contribution is 2.27. The monoisotopic (exact) mass is 341 g/mol. The Hall–Kier alpha value is -2.87. The molecule has 2 aromatic carbocycles. The summed E-state index contributed by atoms with van der Waals surface area (Å²) >= 11 is 1.08. The number of carbonyl (C=O) groups is 2. The predicted octanol–water partition coefficient (Wildman–Crippen LogP) is 1.44. The van der Waals surface area contributed by atoms with E-state index < -0.39 is 11.2 Å². The van der Waals surface area contributed by atoms with Crippen molar-refractivity contribution in [2.45, 2.75) is 11.7 Å². The zero-order valence-electron chi connectivity index (χ0n) is 12.6. The fraction of sp³-hybridized carbons (Fsp3) is 0.125.